The highest BCUT2D eigenvalue weighted by molar-refractivity contribution is 5.21. The van der Waals surface area contributed by atoms with Crippen LogP contribution in [0.15, 0.2) is 42.0 Å². The minimum atomic E-state index is 0.688. The first-order valence-electron chi connectivity index (χ1n) is 8.82. The van der Waals surface area contributed by atoms with Crippen LogP contribution in [-0.4, -0.2) is 17.0 Å². The molecule has 0 amide bonds. The summed E-state index contributed by atoms with van der Waals surface area (Å²) >= 11 is 0. The summed E-state index contributed by atoms with van der Waals surface area (Å²) in [5, 5.41) is 0. The van der Waals surface area contributed by atoms with E-state index in [1.54, 1.807) is 5.57 Å². The number of piperidine rings is 1. The lowest BCUT2D eigenvalue weighted by atomic mass is 9.79. The Morgan fingerprint density at radius 2 is 1.86 bits per heavy atom. The lowest BCUT2D eigenvalue weighted by molar-refractivity contribution is 0.0851. The lowest BCUT2D eigenvalue weighted by Crippen LogP contribution is -2.48. The van der Waals surface area contributed by atoms with Crippen molar-refractivity contribution in [1.29, 1.82) is 0 Å². The third-order valence-corrected chi connectivity index (χ3v) is 5.53. The maximum atomic E-state index is 2.77. The van der Waals surface area contributed by atoms with Crippen molar-refractivity contribution >= 4 is 0 Å². The SMILES string of the molecule is CCC(CC)C1=CC2CCCC(C1)N2Cc1ccccc1. The molecule has 0 spiro atoms. The molecule has 1 fully saturated rings. The molecular formula is C20H29N. The molecule has 0 aromatic heterocycles. The molecule has 2 aliphatic heterocycles. The average molecular weight is 283 g/mol. The van der Waals surface area contributed by atoms with E-state index in [1.165, 1.54) is 44.1 Å². The van der Waals surface area contributed by atoms with Crippen LogP contribution in [0, 0.1) is 5.92 Å². The summed E-state index contributed by atoms with van der Waals surface area (Å²) in [6.07, 6.45) is 10.7. The van der Waals surface area contributed by atoms with Crippen molar-refractivity contribution in [2.75, 3.05) is 0 Å². The first-order chi connectivity index (χ1) is 10.3. The van der Waals surface area contributed by atoms with E-state index in [-0.39, 0.29) is 0 Å². The summed E-state index contributed by atoms with van der Waals surface area (Å²) in [4.78, 5) is 2.77. The molecule has 21 heavy (non-hydrogen) atoms. The second kappa shape index (κ2) is 6.79. The number of rotatable bonds is 5. The molecule has 1 heteroatoms. The first kappa shape index (κ1) is 14.8. The standard InChI is InChI=1S/C20H29N/c1-3-17(4-2)18-13-19-11-8-12-20(14-18)21(19)15-16-9-6-5-7-10-16/h5-7,9-10,13,17,19-20H,3-4,8,11-12,14-15H2,1-2H3. The van der Waals surface area contributed by atoms with E-state index in [2.05, 4.69) is 55.2 Å². The second-order valence-corrected chi connectivity index (χ2v) is 6.77. The van der Waals surface area contributed by atoms with Crippen LogP contribution in [0.2, 0.25) is 0 Å². The van der Waals surface area contributed by atoms with Gasteiger partial charge < -0.3 is 0 Å². The Labute approximate surface area is 130 Å². The van der Waals surface area contributed by atoms with E-state index < -0.39 is 0 Å². The zero-order chi connectivity index (χ0) is 14.7. The van der Waals surface area contributed by atoms with Crippen LogP contribution in [-0.2, 0) is 6.54 Å². The largest absolute Gasteiger partial charge is 0.289 e. The highest BCUT2D eigenvalue weighted by atomic mass is 15.2. The molecule has 114 valence electrons. The molecule has 1 aromatic rings. The van der Waals surface area contributed by atoms with Crippen molar-refractivity contribution in [2.45, 2.75) is 71.0 Å². The summed E-state index contributed by atoms with van der Waals surface area (Å²) in [5.74, 6) is 0.826. The topological polar surface area (TPSA) is 3.24 Å². The minimum absolute atomic E-state index is 0.688. The zero-order valence-corrected chi connectivity index (χ0v) is 13.6. The van der Waals surface area contributed by atoms with E-state index in [1.807, 2.05) is 0 Å². The summed E-state index contributed by atoms with van der Waals surface area (Å²) in [7, 11) is 0. The van der Waals surface area contributed by atoms with Crippen LogP contribution in [0.25, 0.3) is 0 Å². The van der Waals surface area contributed by atoms with E-state index >= 15 is 0 Å². The van der Waals surface area contributed by atoms with Crippen molar-refractivity contribution in [1.82, 2.24) is 4.90 Å². The van der Waals surface area contributed by atoms with Gasteiger partial charge in [0.05, 0.1) is 0 Å². The molecule has 1 aromatic carbocycles. The Morgan fingerprint density at radius 1 is 1.10 bits per heavy atom. The lowest BCUT2D eigenvalue weighted by Gasteiger charge is -2.46. The molecule has 0 radical (unpaired) electrons. The van der Waals surface area contributed by atoms with Gasteiger partial charge in [0.1, 0.15) is 0 Å². The molecule has 0 N–H and O–H groups in total. The van der Waals surface area contributed by atoms with Gasteiger partial charge in [0, 0.05) is 18.6 Å². The molecule has 0 aliphatic carbocycles. The fourth-order valence-corrected chi connectivity index (χ4v) is 4.31. The van der Waals surface area contributed by atoms with Gasteiger partial charge in [0.15, 0.2) is 0 Å². The molecule has 1 nitrogen and oxygen atoms in total. The molecular weight excluding hydrogens is 254 g/mol. The summed E-state index contributed by atoms with van der Waals surface area (Å²) in [5.41, 5.74) is 3.23. The Kier molecular flexibility index (Phi) is 4.80. The van der Waals surface area contributed by atoms with Gasteiger partial charge in [-0.05, 0) is 43.6 Å². The highest BCUT2D eigenvalue weighted by Crippen LogP contribution is 2.38. The van der Waals surface area contributed by atoms with Gasteiger partial charge in [0.2, 0.25) is 0 Å². The molecule has 2 unspecified atom stereocenters. The number of benzene rings is 1. The Hall–Kier alpha value is -1.08. The van der Waals surface area contributed by atoms with Crippen molar-refractivity contribution in [3.05, 3.63) is 47.5 Å². The fourth-order valence-electron chi connectivity index (χ4n) is 4.31. The maximum absolute atomic E-state index is 2.77. The highest BCUT2D eigenvalue weighted by Gasteiger charge is 2.34. The molecule has 2 bridgehead atoms. The monoisotopic (exact) mass is 283 g/mol. The van der Waals surface area contributed by atoms with Crippen LogP contribution in [0.1, 0.15) is 57.9 Å². The van der Waals surface area contributed by atoms with Crippen molar-refractivity contribution < 1.29 is 0 Å². The quantitative estimate of drug-likeness (QED) is 0.673. The molecule has 2 heterocycles. The first-order valence-corrected chi connectivity index (χ1v) is 8.82. The summed E-state index contributed by atoms with van der Waals surface area (Å²) in [6, 6.07) is 12.5. The van der Waals surface area contributed by atoms with E-state index in [0.29, 0.717) is 6.04 Å². The second-order valence-electron chi connectivity index (χ2n) is 6.77. The van der Waals surface area contributed by atoms with E-state index in [0.717, 1.165) is 18.5 Å². The van der Waals surface area contributed by atoms with E-state index in [4.69, 9.17) is 0 Å². The van der Waals surface area contributed by atoms with Crippen LogP contribution < -0.4 is 0 Å². The normalized spacial score (nSPS) is 26.0. The molecule has 1 saturated heterocycles. The summed E-state index contributed by atoms with van der Waals surface area (Å²) < 4.78 is 0. The van der Waals surface area contributed by atoms with Gasteiger partial charge in [-0.15, -0.1) is 0 Å². The van der Waals surface area contributed by atoms with Crippen LogP contribution in [0.5, 0.6) is 0 Å². The van der Waals surface area contributed by atoms with Gasteiger partial charge in [-0.2, -0.15) is 0 Å². The van der Waals surface area contributed by atoms with Gasteiger partial charge in [-0.25, -0.2) is 0 Å². The Bertz CT molecular complexity index is 472. The van der Waals surface area contributed by atoms with E-state index in [9.17, 15) is 0 Å². The van der Waals surface area contributed by atoms with Crippen LogP contribution >= 0.6 is 0 Å². The number of hydrogen-bond donors (Lipinski definition) is 0. The van der Waals surface area contributed by atoms with Gasteiger partial charge in [0.25, 0.3) is 0 Å². The molecule has 2 aliphatic rings. The van der Waals surface area contributed by atoms with Crippen molar-refractivity contribution in [3.63, 3.8) is 0 Å². The van der Waals surface area contributed by atoms with Crippen LogP contribution in [0.4, 0.5) is 0 Å². The molecule has 2 atom stereocenters. The maximum Gasteiger partial charge on any atom is 0.0287 e. The number of hydrogen-bond acceptors (Lipinski definition) is 1. The van der Waals surface area contributed by atoms with Gasteiger partial charge in [-0.3, -0.25) is 4.90 Å². The van der Waals surface area contributed by atoms with Gasteiger partial charge >= 0.3 is 0 Å². The third kappa shape index (κ3) is 3.23. The smallest absolute Gasteiger partial charge is 0.0287 e. The summed E-state index contributed by atoms with van der Waals surface area (Å²) in [6.45, 7) is 5.82. The molecule has 0 saturated carbocycles. The average Bonchev–Trinajstić information content (AvgIpc) is 2.50. The predicted octanol–water partition coefficient (Wildman–Crippen LogP) is 5.18. The van der Waals surface area contributed by atoms with Crippen molar-refractivity contribution in [2.24, 2.45) is 5.92 Å². The van der Waals surface area contributed by atoms with Crippen molar-refractivity contribution in [3.8, 4) is 0 Å². The predicted molar refractivity (Wildman–Crippen MR) is 90.2 cm³/mol. The van der Waals surface area contributed by atoms with Gasteiger partial charge in [-0.1, -0.05) is 62.2 Å². The van der Waals surface area contributed by atoms with Crippen LogP contribution in [0.3, 0.4) is 0 Å². The molecule has 3 rings (SSSR count). The fraction of sp³-hybridized carbons (Fsp3) is 0.600. The number of nitrogens with zero attached hydrogens (tertiary/aromatic N) is 1. The Balaban J connectivity index is 1.78. The third-order valence-electron chi connectivity index (χ3n) is 5.53. The minimum Gasteiger partial charge on any atom is -0.289 e. The Morgan fingerprint density at radius 3 is 2.52 bits per heavy atom. The zero-order valence-electron chi connectivity index (χ0n) is 13.6. The number of fused-ring (bicyclic) bond motifs is 2.